The van der Waals surface area contributed by atoms with Crippen molar-refractivity contribution < 1.29 is 43.1 Å². The van der Waals surface area contributed by atoms with Crippen molar-refractivity contribution in [3.63, 3.8) is 0 Å². The molecule has 0 saturated heterocycles. The molecule has 0 saturated carbocycles. The van der Waals surface area contributed by atoms with Crippen molar-refractivity contribution in [2.24, 2.45) is 0 Å². The van der Waals surface area contributed by atoms with Crippen molar-refractivity contribution in [1.82, 2.24) is 0 Å². The Morgan fingerprint density at radius 2 is 2.00 bits per heavy atom. The number of rotatable bonds is 1. The molecule has 1 aliphatic carbocycles. The van der Waals surface area contributed by atoms with Crippen molar-refractivity contribution in [1.29, 1.82) is 0 Å². The van der Waals surface area contributed by atoms with Gasteiger partial charge >= 0.3 is 29.6 Å². The molecule has 0 heterocycles. The van der Waals surface area contributed by atoms with E-state index in [1.165, 1.54) is 6.07 Å². The second-order valence-corrected chi connectivity index (χ2v) is 4.27. The molecule has 0 radical (unpaired) electrons. The van der Waals surface area contributed by atoms with E-state index in [4.69, 9.17) is 0 Å². The molecule has 0 amide bonds. The second kappa shape index (κ2) is 5.37. The summed E-state index contributed by atoms with van der Waals surface area (Å²) < 4.78 is 21.4. The first-order valence-electron chi connectivity index (χ1n) is 4.44. The molecule has 2 rings (SSSR count). The van der Waals surface area contributed by atoms with E-state index < -0.39 is 11.1 Å². The van der Waals surface area contributed by atoms with Crippen LogP contribution < -0.4 is 29.6 Å². The largest absolute Gasteiger partial charge is 1.00 e. The maximum absolute atomic E-state index is 11.5. The van der Waals surface area contributed by atoms with E-state index in [9.17, 15) is 13.6 Å². The van der Waals surface area contributed by atoms with Crippen LogP contribution in [0.25, 0.3) is 0 Å². The van der Waals surface area contributed by atoms with E-state index in [-0.39, 0.29) is 40.2 Å². The molecular weight excluding hydrogens is 223 g/mol. The Bertz CT molecular complexity index is 417. The third-order valence-corrected chi connectivity index (χ3v) is 3.06. The number of benzene rings is 1. The SMILES string of the molecule is O=C1CCCc2ccc(S(=O)[O-])cc21.[Na+]. The van der Waals surface area contributed by atoms with Crippen molar-refractivity contribution in [3.05, 3.63) is 29.3 Å². The number of carbonyl (C=O) groups is 1. The molecule has 1 atom stereocenters. The van der Waals surface area contributed by atoms with Crippen LogP contribution in [0.4, 0.5) is 0 Å². The smallest absolute Gasteiger partial charge is 0.768 e. The van der Waals surface area contributed by atoms with Crippen LogP contribution in [0, 0.1) is 0 Å². The zero-order valence-corrected chi connectivity index (χ0v) is 11.3. The molecule has 5 heteroatoms. The summed E-state index contributed by atoms with van der Waals surface area (Å²) in [6.45, 7) is 0. The van der Waals surface area contributed by atoms with Crippen LogP contribution in [0.3, 0.4) is 0 Å². The van der Waals surface area contributed by atoms with E-state index in [1.54, 1.807) is 12.1 Å². The fourth-order valence-electron chi connectivity index (χ4n) is 1.71. The molecule has 3 nitrogen and oxygen atoms in total. The predicted molar refractivity (Wildman–Crippen MR) is 50.9 cm³/mol. The molecule has 0 bridgehead atoms. The van der Waals surface area contributed by atoms with Gasteiger partial charge in [0.05, 0.1) is 0 Å². The average molecular weight is 232 g/mol. The average Bonchev–Trinajstić information content (AvgIpc) is 2.18. The molecule has 1 unspecified atom stereocenters. The van der Waals surface area contributed by atoms with Crippen molar-refractivity contribution in [2.75, 3.05) is 0 Å². The van der Waals surface area contributed by atoms with Crippen LogP contribution in [0.1, 0.15) is 28.8 Å². The first kappa shape index (κ1) is 13.1. The van der Waals surface area contributed by atoms with Gasteiger partial charge in [0, 0.05) is 16.9 Å². The van der Waals surface area contributed by atoms with Crippen LogP contribution in [0.5, 0.6) is 0 Å². The molecule has 0 aliphatic heterocycles. The summed E-state index contributed by atoms with van der Waals surface area (Å²) in [5.74, 6) is 0.0542. The van der Waals surface area contributed by atoms with E-state index >= 15 is 0 Å². The number of aryl methyl sites for hydroxylation is 1. The fraction of sp³-hybridized carbons (Fsp3) is 0.300. The van der Waals surface area contributed by atoms with Crippen LogP contribution in [0.15, 0.2) is 23.1 Å². The molecule has 1 aliphatic rings. The van der Waals surface area contributed by atoms with Crippen LogP contribution in [0.2, 0.25) is 0 Å². The number of Topliss-reactive ketones (excluding diaryl/α,β-unsaturated/α-hetero) is 1. The summed E-state index contributed by atoms with van der Waals surface area (Å²) >= 11 is -2.24. The van der Waals surface area contributed by atoms with Crippen LogP contribution in [-0.4, -0.2) is 14.5 Å². The summed E-state index contributed by atoms with van der Waals surface area (Å²) in [7, 11) is 0. The molecule has 74 valence electrons. The van der Waals surface area contributed by atoms with Crippen molar-refractivity contribution in [2.45, 2.75) is 24.2 Å². The Morgan fingerprint density at radius 1 is 1.27 bits per heavy atom. The standard InChI is InChI=1S/C10H10O3S.Na/c11-10-3-1-2-7-4-5-8(14(12)13)6-9(7)10;/h4-6H,1-3H2,(H,12,13);/q;+1/p-1. The number of hydrogen-bond acceptors (Lipinski definition) is 3. The van der Waals surface area contributed by atoms with Gasteiger partial charge in [0.1, 0.15) is 0 Å². The molecule has 0 spiro atoms. The quantitative estimate of drug-likeness (QED) is 0.435. The van der Waals surface area contributed by atoms with Crippen molar-refractivity contribution >= 4 is 16.9 Å². The minimum absolute atomic E-state index is 0. The van der Waals surface area contributed by atoms with Gasteiger partial charge < -0.3 is 4.55 Å². The van der Waals surface area contributed by atoms with E-state index in [2.05, 4.69) is 0 Å². The minimum atomic E-state index is -2.24. The monoisotopic (exact) mass is 232 g/mol. The Kier molecular flexibility index (Phi) is 4.67. The normalized spacial score (nSPS) is 16.5. The van der Waals surface area contributed by atoms with E-state index in [0.717, 1.165) is 18.4 Å². The van der Waals surface area contributed by atoms with Gasteiger partial charge in [0.15, 0.2) is 5.78 Å². The summed E-state index contributed by atoms with van der Waals surface area (Å²) in [5.41, 5.74) is 1.55. The predicted octanol–water partition coefficient (Wildman–Crippen LogP) is -1.55. The maximum Gasteiger partial charge on any atom is 1.00 e. The molecule has 0 aromatic heterocycles. The number of fused-ring (bicyclic) bond motifs is 1. The Morgan fingerprint density at radius 3 is 2.67 bits per heavy atom. The van der Waals surface area contributed by atoms with Crippen LogP contribution >= 0.6 is 0 Å². The van der Waals surface area contributed by atoms with E-state index in [0.29, 0.717) is 12.0 Å². The van der Waals surface area contributed by atoms with Gasteiger partial charge in [-0.25, -0.2) is 0 Å². The van der Waals surface area contributed by atoms with Gasteiger partial charge in [-0.3, -0.25) is 9.00 Å². The van der Waals surface area contributed by atoms with Gasteiger partial charge in [-0.1, -0.05) is 6.07 Å². The second-order valence-electron chi connectivity index (χ2n) is 3.33. The third-order valence-electron chi connectivity index (χ3n) is 2.42. The van der Waals surface area contributed by atoms with Gasteiger partial charge in [-0.15, -0.1) is 0 Å². The van der Waals surface area contributed by atoms with Crippen LogP contribution in [-0.2, 0) is 17.5 Å². The summed E-state index contributed by atoms with van der Waals surface area (Å²) in [4.78, 5) is 11.7. The summed E-state index contributed by atoms with van der Waals surface area (Å²) in [6, 6.07) is 4.75. The number of hydrogen-bond donors (Lipinski definition) is 0. The molecule has 0 fully saturated rings. The topological polar surface area (TPSA) is 57.2 Å². The molecule has 1 aromatic rings. The first-order chi connectivity index (χ1) is 6.68. The molecular formula is C10H9NaO3S. The fourth-order valence-corrected chi connectivity index (χ4v) is 2.10. The Hall–Kier alpha value is -0.000000000000000222. The first-order valence-corrected chi connectivity index (χ1v) is 5.51. The van der Waals surface area contributed by atoms with Gasteiger partial charge in [-0.05, 0) is 41.6 Å². The zero-order valence-electron chi connectivity index (χ0n) is 8.49. The molecule has 1 aromatic carbocycles. The number of ketones is 1. The Balaban J connectivity index is 0.00000112. The minimum Gasteiger partial charge on any atom is -0.768 e. The maximum atomic E-state index is 11.5. The third kappa shape index (κ3) is 2.77. The Labute approximate surface area is 113 Å². The van der Waals surface area contributed by atoms with Gasteiger partial charge in [-0.2, -0.15) is 0 Å². The summed E-state index contributed by atoms with van der Waals surface area (Å²) in [6.07, 6.45) is 2.26. The number of carbonyl (C=O) groups excluding carboxylic acids is 1. The van der Waals surface area contributed by atoms with E-state index in [1.807, 2.05) is 0 Å². The van der Waals surface area contributed by atoms with Gasteiger partial charge in [0.25, 0.3) is 0 Å². The van der Waals surface area contributed by atoms with Gasteiger partial charge in [0.2, 0.25) is 0 Å². The van der Waals surface area contributed by atoms with Crippen molar-refractivity contribution in [3.8, 4) is 0 Å². The zero-order chi connectivity index (χ0) is 10.1. The molecule has 0 N–H and O–H groups in total. The summed E-state index contributed by atoms with van der Waals surface area (Å²) in [5, 5.41) is 0. The molecule has 15 heavy (non-hydrogen) atoms.